The molecule has 2 nitrogen and oxygen atoms in total. The minimum absolute atomic E-state index is 0.0193. The first-order valence-electron chi connectivity index (χ1n) is 5.90. The molecule has 2 saturated heterocycles. The van der Waals surface area contributed by atoms with Crippen molar-refractivity contribution in [2.45, 2.75) is 31.3 Å². The van der Waals surface area contributed by atoms with Gasteiger partial charge in [0.2, 0.25) is 0 Å². The maximum Gasteiger partial charge on any atom is 0.169 e. The zero-order valence-electron chi connectivity index (χ0n) is 9.25. The molecule has 2 heterocycles. The standard InChI is InChI=1S/C13H13ClFNO/c14-11-3-1-7(15)5-9(11)13(17)10-6-8-2-4-12(10)16-8/h1,3,5,8,10,12,16H,2,4,6H2. The summed E-state index contributed by atoms with van der Waals surface area (Å²) in [6.45, 7) is 0. The molecule has 0 spiro atoms. The SMILES string of the molecule is O=C(c1cc(F)ccc1Cl)C1CC2CCC1N2. The van der Waals surface area contributed by atoms with E-state index in [1.54, 1.807) is 0 Å². The smallest absolute Gasteiger partial charge is 0.169 e. The van der Waals surface area contributed by atoms with Crippen molar-refractivity contribution in [2.24, 2.45) is 5.92 Å². The van der Waals surface area contributed by atoms with Gasteiger partial charge in [0, 0.05) is 23.6 Å². The fourth-order valence-corrected chi connectivity index (χ4v) is 3.21. The molecular formula is C13H13ClFNO. The third kappa shape index (κ3) is 1.87. The van der Waals surface area contributed by atoms with Gasteiger partial charge in [0.05, 0.1) is 5.02 Å². The van der Waals surface area contributed by atoms with Crippen LogP contribution in [0.25, 0.3) is 0 Å². The number of hydrogen-bond donors (Lipinski definition) is 1. The maximum absolute atomic E-state index is 13.2. The lowest BCUT2D eigenvalue weighted by Gasteiger charge is -2.19. The predicted molar refractivity (Wildman–Crippen MR) is 63.8 cm³/mol. The summed E-state index contributed by atoms with van der Waals surface area (Å²) in [6.07, 6.45) is 3.04. The summed E-state index contributed by atoms with van der Waals surface area (Å²) in [7, 11) is 0. The van der Waals surface area contributed by atoms with Crippen LogP contribution >= 0.6 is 11.6 Å². The van der Waals surface area contributed by atoms with E-state index in [-0.39, 0.29) is 17.7 Å². The van der Waals surface area contributed by atoms with Crippen LogP contribution in [0.5, 0.6) is 0 Å². The Labute approximate surface area is 104 Å². The van der Waals surface area contributed by atoms with Crippen LogP contribution in [0.3, 0.4) is 0 Å². The number of fused-ring (bicyclic) bond motifs is 2. The molecule has 2 aliphatic heterocycles. The Bertz CT molecular complexity index is 476. The van der Waals surface area contributed by atoms with Gasteiger partial charge in [-0.2, -0.15) is 0 Å². The highest BCUT2D eigenvalue weighted by Gasteiger charge is 2.43. The second-order valence-corrected chi connectivity index (χ2v) is 5.29. The van der Waals surface area contributed by atoms with E-state index in [1.807, 2.05) is 0 Å². The van der Waals surface area contributed by atoms with Crippen molar-refractivity contribution in [1.82, 2.24) is 5.32 Å². The van der Waals surface area contributed by atoms with Crippen molar-refractivity contribution in [2.75, 3.05) is 0 Å². The fourth-order valence-electron chi connectivity index (χ4n) is 3.00. The van der Waals surface area contributed by atoms with Gasteiger partial charge in [0.15, 0.2) is 5.78 Å². The number of rotatable bonds is 2. The van der Waals surface area contributed by atoms with Gasteiger partial charge >= 0.3 is 0 Å². The number of carbonyl (C=O) groups is 1. The lowest BCUT2D eigenvalue weighted by atomic mass is 9.83. The van der Waals surface area contributed by atoms with Gasteiger partial charge < -0.3 is 5.32 Å². The summed E-state index contributed by atoms with van der Waals surface area (Å²) in [4.78, 5) is 12.3. The highest BCUT2D eigenvalue weighted by atomic mass is 35.5. The van der Waals surface area contributed by atoms with Gasteiger partial charge in [-0.05, 0) is 37.5 Å². The molecular weight excluding hydrogens is 241 g/mol. The van der Waals surface area contributed by atoms with Gasteiger partial charge in [0.1, 0.15) is 5.82 Å². The molecule has 0 aliphatic carbocycles. The molecule has 3 unspecified atom stereocenters. The largest absolute Gasteiger partial charge is 0.310 e. The number of Topliss-reactive ketones (excluding diaryl/α,β-unsaturated/α-hetero) is 1. The molecule has 17 heavy (non-hydrogen) atoms. The number of halogens is 2. The average Bonchev–Trinajstić information content (AvgIpc) is 2.93. The van der Waals surface area contributed by atoms with Crippen LogP contribution in [-0.4, -0.2) is 17.9 Å². The third-order valence-corrected chi connectivity index (χ3v) is 4.16. The molecule has 2 bridgehead atoms. The van der Waals surface area contributed by atoms with E-state index >= 15 is 0 Å². The van der Waals surface area contributed by atoms with Crippen LogP contribution in [-0.2, 0) is 0 Å². The molecule has 2 aliphatic rings. The van der Waals surface area contributed by atoms with Gasteiger partial charge in [-0.15, -0.1) is 0 Å². The summed E-state index contributed by atoms with van der Waals surface area (Å²) in [5.74, 6) is -0.462. The summed E-state index contributed by atoms with van der Waals surface area (Å²) < 4.78 is 13.2. The minimum atomic E-state index is -0.408. The fraction of sp³-hybridized carbons (Fsp3) is 0.462. The van der Waals surface area contributed by atoms with E-state index in [0.717, 1.165) is 19.3 Å². The molecule has 1 N–H and O–H groups in total. The lowest BCUT2D eigenvalue weighted by Crippen LogP contribution is -2.29. The summed E-state index contributed by atoms with van der Waals surface area (Å²) in [5.41, 5.74) is 0.325. The Kier molecular flexibility index (Phi) is 2.68. The Balaban J connectivity index is 1.89. The van der Waals surface area contributed by atoms with Crippen LogP contribution in [0.2, 0.25) is 5.02 Å². The van der Waals surface area contributed by atoms with Crippen LogP contribution in [0.1, 0.15) is 29.6 Å². The summed E-state index contributed by atoms with van der Waals surface area (Å²) >= 11 is 5.96. The molecule has 0 aromatic heterocycles. The van der Waals surface area contributed by atoms with Gasteiger partial charge in [-0.3, -0.25) is 4.79 Å². The van der Waals surface area contributed by atoms with Gasteiger partial charge in [0.25, 0.3) is 0 Å². The zero-order chi connectivity index (χ0) is 12.0. The van der Waals surface area contributed by atoms with Gasteiger partial charge in [-0.1, -0.05) is 11.6 Å². The molecule has 0 amide bonds. The van der Waals surface area contributed by atoms with Crippen molar-refractivity contribution in [3.63, 3.8) is 0 Å². The molecule has 0 radical (unpaired) electrons. The predicted octanol–water partition coefficient (Wildman–Crippen LogP) is 2.80. The van der Waals surface area contributed by atoms with E-state index < -0.39 is 5.82 Å². The van der Waals surface area contributed by atoms with E-state index in [2.05, 4.69) is 5.32 Å². The Morgan fingerprint density at radius 2 is 2.24 bits per heavy atom. The molecule has 90 valence electrons. The van der Waals surface area contributed by atoms with Crippen molar-refractivity contribution >= 4 is 17.4 Å². The number of carbonyl (C=O) groups excluding carboxylic acids is 1. The molecule has 3 atom stereocenters. The number of benzene rings is 1. The van der Waals surface area contributed by atoms with E-state index in [0.29, 0.717) is 16.6 Å². The topological polar surface area (TPSA) is 29.1 Å². The molecule has 3 rings (SSSR count). The highest BCUT2D eigenvalue weighted by Crippen LogP contribution is 2.36. The monoisotopic (exact) mass is 253 g/mol. The van der Waals surface area contributed by atoms with Crippen LogP contribution in [0.4, 0.5) is 4.39 Å². The number of hydrogen-bond acceptors (Lipinski definition) is 2. The lowest BCUT2D eigenvalue weighted by molar-refractivity contribution is 0.0900. The molecule has 1 aromatic carbocycles. The highest BCUT2D eigenvalue weighted by molar-refractivity contribution is 6.34. The Hall–Kier alpha value is -0.930. The van der Waals surface area contributed by atoms with E-state index in [1.165, 1.54) is 18.2 Å². The second-order valence-electron chi connectivity index (χ2n) is 4.88. The first-order chi connectivity index (χ1) is 8.15. The number of nitrogens with one attached hydrogen (secondary N) is 1. The van der Waals surface area contributed by atoms with Crippen molar-refractivity contribution in [3.8, 4) is 0 Å². The van der Waals surface area contributed by atoms with Crippen molar-refractivity contribution in [1.29, 1.82) is 0 Å². The third-order valence-electron chi connectivity index (χ3n) is 3.83. The summed E-state index contributed by atoms with van der Waals surface area (Å²) in [5, 5.41) is 3.75. The van der Waals surface area contributed by atoms with Gasteiger partial charge in [-0.25, -0.2) is 4.39 Å². The first-order valence-corrected chi connectivity index (χ1v) is 6.28. The van der Waals surface area contributed by atoms with E-state index in [4.69, 9.17) is 11.6 Å². The summed E-state index contributed by atoms with van der Waals surface area (Å²) in [6, 6.07) is 4.69. The molecule has 0 saturated carbocycles. The van der Waals surface area contributed by atoms with E-state index in [9.17, 15) is 9.18 Å². The first kappa shape index (κ1) is 11.2. The van der Waals surface area contributed by atoms with Crippen molar-refractivity contribution in [3.05, 3.63) is 34.6 Å². The molecule has 2 fully saturated rings. The average molecular weight is 254 g/mol. The van der Waals surface area contributed by atoms with Crippen LogP contribution in [0.15, 0.2) is 18.2 Å². The normalized spacial score (nSPS) is 30.8. The molecule has 4 heteroatoms. The zero-order valence-corrected chi connectivity index (χ0v) is 10.0. The van der Waals surface area contributed by atoms with Crippen LogP contribution < -0.4 is 5.32 Å². The molecule has 1 aromatic rings. The quantitative estimate of drug-likeness (QED) is 0.822. The minimum Gasteiger partial charge on any atom is -0.310 e. The second kappa shape index (κ2) is 4.07. The number of ketones is 1. The van der Waals surface area contributed by atoms with Crippen LogP contribution in [0, 0.1) is 11.7 Å². The van der Waals surface area contributed by atoms with Crippen molar-refractivity contribution < 1.29 is 9.18 Å². The Morgan fingerprint density at radius 3 is 2.88 bits per heavy atom. The maximum atomic E-state index is 13.2. The Morgan fingerprint density at radius 1 is 1.41 bits per heavy atom.